The molecule has 0 bridgehead atoms. The van der Waals surface area contributed by atoms with Crippen molar-refractivity contribution in [3.63, 3.8) is 0 Å². The summed E-state index contributed by atoms with van der Waals surface area (Å²) in [5.41, 5.74) is 0. The Hall–Kier alpha value is -2.84. The van der Waals surface area contributed by atoms with Crippen LogP contribution in [0.5, 0.6) is 17.2 Å². The van der Waals surface area contributed by atoms with E-state index >= 15 is 0 Å². The number of benzene rings is 3. The summed E-state index contributed by atoms with van der Waals surface area (Å²) in [4.78, 5) is 0. The number of hydrogen-bond donors (Lipinski definition) is 0. The van der Waals surface area contributed by atoms with Crippen molar-refractivity contribution in [1.29, 1.82) is 0 Å². The van der Waals surface area contributed by atoms with Gasteiger partial charge in [-0.15, -0.1) is 0 Å². The zero-order valence-corrected chi connectivity index (χ0v) is 21.1. The summed E-state index contributed by atoms with van der Waals surface area (Å²) in [7, 11) is 0. The predicted octanol–water partition coefficient (Wildman–Crippen LogP) is 3.90. The van der Waals surface area contributed by atoms with Crippen molar-refractivity contribution in [2.24, 2.45) is 0 Å². The van der Waals surface area contributed by atoms with Crippen molar-refractivity contribution < 1.29 is 14.2 Å². The van der Waals surface area contributed by atoms with Crippen LogP contribution in [0.1, 0.15) is 0 Å². The molecule has 3 aromatic carbocycles. The van der Waals surface area contributed by atoms with E-state index in [2.05, 4.69) is 56.1 Å². The van der Waals surface area contributed by atoms with E-state index in [9.17, 15) is 0 Å². The van der Waals surface area contributed by atoms with Gasteiger partial charge in [0.15, 0.2) is 0 Å². The van der Waals surface area contributed by atoms with Gasteiger partial charge in [-0.25, -0.2) is 0 Å². The van der Waals surface area contributed by atoms with Crippen molar-refractivity contribution in [2.75, 3.05) is 19.8 Å². The number of rotatable bonds is 12. The summed E-state index contributed by atoms with van der Waals surface area (Å²) >= 11 is -2.90. The molecule has 0 saturated heterocycles. The maximum atomic E-state index is 6.07. The first kappa shape index (κ1) is 22.8. The van der Waals surface area contributed by atoms with Crippen LogP contribution in [0.15, 0.2) is 111 Å². The van der Waals surface area contributed by atoms with E-state index in [-0.39, 0.29) is 0 Å². The molecule has 0 aliphatic heterocycles. The summed E-state index contributed by atoms with van der Waals surface area (Å²) in [5.74, 6) is 2.66. The van der Waals surface area contributed by atoms with Gasteiger partial charge in [0, 0.05) is 0 Å². The molecule has 0 aliphatic carbocycles. The van der Waals surface area contributed by atoms with Crippen LogP contribution in [0.3, 0.4) is 0 Å². The molecule has 0 aromatic heterocycles. The Morgan fingerprint density at radius 2 is 0.806 bits per heavy atom. The van der Waals surface area contributed by atoms with Crippen LogP contribution in [-0.2, 0) is 0 Å². The van der Waals surface area contributed by atoms with Gasteiger partial charge in [-0.1, -0.05) is 0 Å². The van der Waals surface area contributed by atoms with Gasteiger partial charge in [-0.2, -0.15) is 0 Å². The van der Waals surface area contributed by atoms with Gasteiger partial charge in [-0.3, -0.25) is 0 Å². The molecule has 4 heteroatoms. The van der Waals surface area contributed by atoms with Crippen molar-refractivity contribution >= 4 is 31.6 Å². The Labute approximate surface area is 193 Å². The van der Waals surface area contributed by atoms with Crippen LogP contribution in [0.4, 0.5) is 0 Å². The molecule has 0 heterocycles. The normalized spacial score (nSPS) is 10.4. The summed E-state index contributed by atoms with van der Waals surface area (Å²) in [5, 5.41) is 0. The molecule has 0 atom stereocenters. The quantitative estimate of drug-likeness (QED) is 0.231. The minimum absolute atomic E-state index is 0.456. The third-order valence-corrected chi connectivity index (χ3v) is 14.3. The molecular weight excluding hydrogens is 581 g/mol. The topological polar surface area (TPSA) is 27.7 Å². The van der Waals surface area contributed by atoms with Crippen molar-refractivity contribution in [3.05, 3.63) is 111 Å². The zero-order valence-electron chi connectivity index (χ0n) is 17.6. The van der Waals surface area contributed by atoms with Gasteiger partial charge in [-0.05, 0) is 0 Å². The first-order valence-electron chi connectivity index (χ1n) is 10.1. The fourth-order valence-electron chi connectivity index (χ4n) is 3.13. The second-order valence-corrected chi connectivity index (χ2v) is 14.8. The first-order chi connectivity index (χ1) is 15.3. The van der Waals surface area contributed by atoms with E-state index < -0.39 is 21.8 Å². The molecule has 158 valence electrons. The molecule has 3 aromatic rings. The molecule has 0 saturated carbocycles. The van der Waals surface area contributed by atoms with Crippen LogP contribution in [0, 0.1) is 0 Å². The molecule has 0 fully saturated rings. The Bertz CT molecular complexity index is 896. The van der Waals surface area contributed by atoms with Gasteiger partial charge in [0.05, 0.1) is 0 Å². The Kier molecular flexibility index (Phi) is 8.93. The second-order valence-electron chi connectivity index (χ2n) is 6.54. The first-order valence-corrected chi connectivity index (χ1v) is 15.3. The van der Waals surface area contributed by atoms with Gasteiger partial charge in [0.2, 0.25) is 0 Å². The van der Waals surface area contributed by atoms with Gasteiger partial charge >= 0.3 is 194 Å². The summed E-state index contributed by atoms with van der Waals surface area (Å²) in [6, 6.07) is 24.8. The molecule has 0 radical (unpaired) electrons. The molecule has 0 amide bonds. The van der Waals surface area contributed by atoms with Crippen molar-refractivity contribution in [1.82, 2.24) is 0 Å². The second kappa shape index (κ2) is 12.1. The Morgan fingerprint density at radius 1 is 0.516 bits per heavy atom. The SMILES string of the molecule is C=CCOc1cccc[c]1[Bi]([c]1ccccc1OCC=C)[c]1ccccc1OCC=C. The fourth-order valence-corrected chi connectivity index (χ4v) is 13.1. The fraction of sp³-hybridized carbons (Fsp3) is 0.111. The predicted molar refractivity (Wildman–Crippen MR) is 131 cm³/mol. The summed E-state index contributed by atoms with van der Waals surface area (Å²) in [6.45, 7) is 12.8. The van der Waals surface area contributed by atoms with Crippen molar-refractivity contribution in [3.8, 4) is 17.2 Å². The molecule has 0 N–H and O–H groups in total. The minimum atomic E-state index is -2.90. The summed E-state index contributed by atoms with van der Waals surface area (Å²) in [6.07, 6.45) is 5.30. The van der Waals surface area contributed by atoms with Gasteiger partial charge in [0.1, 0.15) is 0 Å². The van der Waals surface area contributed by atoms with E-state index in [4.69, 9.17) is 14.2 Å². The Morgan fingerprint density at radius 3 is 1.10 bits per heavy atom. The van der Waals surface area contributed by atoms with E-state index in [1.165, 1.54) is 9.81 Å². The molecule has 0 aliphatic rings. The monoisotopic (exact) mass is 608 g/mol. The molecule has 0 spiro atoms. The van der Waals surface area contributed by atoms with Crippen molar-refractivity contribution in [2.45, 2.75) is 0 Å². The van der Waals surface area contributed by atoms with Crippen LogP contribution < -0.4 is 24.0 Å². The molecule has 31 heavy (non-hydrogen) atoms. The zero-order chi connectivity index (χ0) is 21.9. The Balaban J connectivity index is 2.22. The van der Waals surface area contributed by atoms with E-state index in [0.29, 0.717) is 19.8 Å². The third kappa shape index (κ3) is 5.86. The third-order valence-electron chi connectivity index (χ3n) is 4.39. The maximum absolute atomic E-state index is 6.07. The number of para-hydroxylation sites is 3. The van der Waals surface area contributed by atoms with E-state index in [1.54, 1.807) is 18.2 Å². The van der Waals surface area contributed by atoms with Crippen LogP contribution >= 0.6 is 0 Å². The standard InChI is InChI=1S/3C9H9O.Bi/c3*1-2-8-10-9-6-4-3-5-7-9;/h3*2-6H,1,8H2;. The van der Waals surface area contributed by atoms with Gasteiger partial charge in [0.25, 0.3) is 0 Å². The molecule has 3 nitrogen and oxygen atoms in total. The molecular formula is C27H27BiO3. The van der Waals surface area contributed by atoms with E-state index in [1.807, 2.05) is 36.4 Å². The summed E-state index contributed by atoms with van der Waals surface area (Å²) < 4.78 is 21.9. The van der Waals surface area contributed by atoms with Crippen LogP contribution in [0.25, 0.3) is 0 Å². The average Bonchev–Trinajstić information content (AvgIpc) is 2.82. The van der Waals surface area contributed by atoms with E-state index in [0.717, 1.165) is 17.2 Å². The van der Waals surface area contributed by atoms with Crippen LogP contribution in [0.2, 0.25) is 0 Å². The van der Waals surface area contributed by atoms with Crippen LogP contribution in [-0.4, -0.2) is 41.6 Å². The number of ether oxygens (including phenoxy) is 3. The number of hydrogen-bond acceptors (Lipinski definition) is 3. The molecule has 3 rings (SSSR count). The van der Waals surface area contributed by atoms with Gasteiger partial charge < -0.3 is 0 Å². The average molecular weight is 608 g/mol. The molecule has 0 unspecified atom stereocenters.